The Morgan fingerprint density at radius 1 is 1.10 bits per heavy atom. The zero-order chi connectivity index (χ0) is 19.9. The quantitative estimate of drug-likeness (QED) is 0.330. The fourth-order valence-corrected chi connectivity index (χ4v) is 3.64. The summed E-state index contributed by atoms with van der Waals surface area (Å²) >= 11 is 0. The van der Waals surface area contributed by atoms with Crippen LogP contribution < -0.4 is 20.3 Å². The van der Waals surface area contributed by atoms with Crippen molar-refractivity contribution in [3.8, 4) is 5.75 Å². The fourth-order valence-electron chi connectivity index (χ4n) is 3.64. The highest BCUT2D eigenvalue weighted by Crippen LogP contribution is 2.30. The molecule has 0 amide bonds. The van der Waals surface area contributed by atoms with E-state index in [4.69, 9.17) is 4.74 Å². The number of pyridine rings is 1. The lowest BCUT2D eigenvalue weighted by atomic mass is 10.1. The van der Waals surface area contributed by atoms with Gasteiger partial charge in [-0.25, -0.2) is 4.98 Å². The lowest BCUT2D eigenvalue weighted by molar-refractivity contribution is 0.296. The normalized spacial score (nSPS) is 17.2. The number of para-hydroxylation sites is 1. The number of ether oxygens (including phenoxy) is 1. The van der Waals surface area contributed by atoms with Crippen LogP contribution >= 0.6 is 24.0 Å². The summed E-state index contributed by atoms with van der Waals surface area (Å²) in [4.78, 5) is 11.2. The van der Waals surface area contributed by atoms with E-state index < -0.39 is 0 Å². The van der Waals surface area contributed by atoms with Crippen molar-refractivity contribution in [2.24, 2.45) is 10.9 Å². The van der Waals surface area contributed by atoms with E-state index in [1.165, 1.54) is 18.4 Å². The van der Waals surface area contributed by atoms with Crippen molar-refractivity contribution in [2.75, 3.05) is 31.6 Å². The molecule has 30 heavy (non-hydrogen) atoms. The van der Waals surface area contributed by atoms with Crippen molar-refractivity contribution in [1.82, 2.24) is 15.6 Å². The van der Waals surface area contributed by atoms with E-state index in [1.54, 1.807) is 0 Å². The summed E-state index contributed by atoms with van der Waals surface area (Å²) < 4.78 is 6.02. The number of hydrogen-bond acceptors (Lipinski definition) is 4. The monoisotopic (exact) mass is 521 g/mol. The SMILES string of the molecule is CN=C(NCc1ccccc1OCC1CC1)NC1CCN(c2ccccn2)CC1.I. The van der Waals surface area contributed by atoms with Crippen molar-refractivity contribution in [2.45, 2.75) is 38.3 Å². The molecule has 1 aliphatic carbocycles. The molecular formula is C23H32IN5O. The van der Waals surface area contributed by atoms with Gasteiger partial charge in [-0.3, -0.25) is 4.99 Å². The van der Waals surface area contributed by atoms with Gasteiger partial charge in [0.25, 0.3) is 0 Å². The molecule has 1 saturated heterocycles. The van der Waals surface area contributed by atoms with E-state index in [0.29, 0.717) is 12.6 Å². The molecular weight excluding hydrogens is 489 g/mol. The topological polar surface area (TPSA) is 61.8 Å². The number of aromatic nitrogens is 1. The number of aliphatic imine (C=N–C) groups is 1. The predicted molar refractivity (Wildman–Crippen MR) is 133 cm³/mol. The molecule has 2 heterocycles. The average molecular weight is 521 g/mol. The summed E-state index contributed by atoms with van der Waals surface area (Å²) in [6, 6.07) is 14.8. The number of nitrogens with one attached hydrogen (secondary N) is 2. The number of halogens is 1. The number of anilines is 1. The lowest BCUT2D eigenvalue weighted by Crippen LogP contribution is -2.48. The molecule has 6 nitrogen and oxygen atoms in total. The van der Waals surface area contributed by atoms with Gasteiger partial charge >= 0.3 is 0 Å². The number of benzene rings is 1. The second-order valence-electron chi connectivity index (χ2n) is 7.88. The van der Waals surface area contributed by atoms with Gasteiger partial charge in [0.15, 0.2) is 5.96 Å². The molecule has 7 heteroatoms. The largest absolute Gasteiger partial charge is 0.493 e. The van der Waals surface area contributed by atoms with E-state index in [1.807, 2.05) is 31.4 Å². The zero-order valence-electron chi connectivity index (χ0n) is 17.6. The molecule has 0 bridgehead atoms. The maximum atomic E-state index is 6.02. The molecule has 2 aromatic rings. The van der Waals surface area contributed by atoms with Crippen LogP contribution in [0.3, 0.4) is 0 Å². The number of guanidine groups is 1. The maximum Gasteiger partial charge on any atom is 0.191 e. The Labute approximate surface area is 196 Å². The Hall–Kier alpha value is -2.03. The minimum Gasteiger partial charge on any atom is -0.493 e. The number of hydrogen-bond donors (Lipinski definition) is 2. The molecule has 2 aliphatic rings. The van der Waals surface area contributed by atoms with Crippen LogP contribution in [0.5, 0.6) is 5.75 Å². The standard InChI is InChI=1S/C23H31N5O.HI/c1-24-23(26-16-19-6-2-3-7-21(19)29-17-18-9-10-18)27-20-11-14-28(15-12-20)22-8-4-5-13-25-22;/h2-8,13,18,20H,9-12,14-17H2,1H3,(H2,24,26,27);1H. The zero-order valence-corrected chi connectivity index (χ0v) is 19.9. The smallest absolute Gasteiger partial charge is 0.191 e. The van der Waals surface area contributed by atoms with Gasteiger partial charge in [0.05, 0.1) is 6.61 Å². The van der Waals surface area contributed by atoms with Crippen LogP contribution in [-0.4, -0.2) is 43.7 Å². The van der Waals surface area contributed by atoms with Crippen LogP contribution in [-0.2, 0) is 6.54 Å². The van der Waals surface area contributed by atoms with Gasteiger partial charge in [-0.05, 0) is 49.8 Å². The molecule has 0 radical (unpaired) electrons. The van der Waals surface area contributed by atoms with Crippen molar-refractivity contribution in [3.05, 3.63) is 54.2 Å². The molecule has 0 unspecified atom stereocenters. The molecule has 1 saturated carbocycles. The van der Waals surface area contributed by atoms with Crippen LogP contribution in [0.1, 0.15) is 31.2 Å². The minimum atomic E-state index is 0. The van der Waals surface area contributed by atoms with Gasteiger partial charge in [0, 0.05) is 44.5 Å². The first-order chi connectivity index (χ1) is 14.3. The second-order valence-corrected chi connectivity index (χ2v) is 7.88. The molecule has 4 rings (SSSR count). The van der Waals surface area contributed by atoms with Crippen LogP contribution in [0.25, 0.3) is 0 Å². The van der Waals surface area contributed by atoms with Gasteiger partial charge in [-0.1, -0.05) is 24.3 Å². The molecule has 2 N–H and O–H groups in total. The molecule has 1 aromatic heterocycles. The first-order valence-corrected chi connectivity index (χ1v) is 10.7. The minimum absolute atomic E-state index is 0. The highest BCUT2D eigenvalue weighted by molar-refractivity contribution is 14.0. The Kier molecular flexibility index (Phi) is 8.60. The number of rotatable bonds is 7. The van der Waals surface area contributed by atoms with Gasteiger partial charge in [-0.15, -0.1) is 24.0 Å². The highest BCUT2D eigenvalue weighted by Gasteiger charge is 2.23. The van der Waals surface area contributed by atoms with Crippen LogP contribution in [0, 0.1) is 5.92 Å². The Morgan fingerprint density at radius 3 is 2.57 bits per heavy atom. The van der Waals surface area contributed by atoms with Gasteiger partial charge in [0.1, 0.15) is 11.6 Å². The average Bonchev–Trinajstić information content (AvgIpc) is 3.61. The number of piperidine rings is 1. The highest BCUT2D eigenvalue weighted by atomic mass is 127. The van der Waals surface area contributed by atoms with E-state index in [0.717, 1.165) is 56.0 Å². The predicted octanol–water partition coefficient (Wildman–Crippen LogP) is 3.82. The summed E-state index contributed by atoms with van der Waals surface area (Å²) in [7, 11) is 1.83. The van der Waals surface area contributed by atoms with E-state index >= 15 is 0 Å². The van der Waals surface area contributed by atoms with Crippen molar-refractivity contribution in [1.29, 1.82) is 0 Å². The summed E-state index contributed by atoms with van der Waals surface area (Å²) in [6.07, 6.45) is 6.60. The first kappa shape index (κ1) is 22.7. The molecule has 0 atom stereocenters. The Balaban J connectivity index is 0.00000256. The van der Waals surface area contributed by atoms with Crippen LogP contribution in [0.2, 0.25) is 0 Å². The van der Waals surface area contributed by atoms with E-state index in [-0.39, 0.29) is 24.0 Å². The van der Waals surface area contributed by atoms with Crippen molar-refractivity contribution >= 4 is 35.8 Å². The third-order valence-corrected chi connectivity index (χ3v) is 5.62. The summed E-state index contributed by atoms with van der Waals surface area (Å²) in [6.45, 7) is 3.54. The summed E-state index contributed by atoms with van der Waals surface area (Å²) in [5, 5.41) is 7.03. The summed E-state index contributed by atoms with van der Waals surface area (Å²) in [5.74, 6) is 3.64. The van der Waals surface area contributed by atoms with Crippen molar-refractivity contribution < 1.29 is 4.74 Å². The fraction of sp³-hybridized carbons (Fsp3) is 0.478. The number of nitrogens with zero attached hydrogens (tertiary/aromatic N) is 3. The van der Waals surface area contributed by atoms with Crippen molar-refractivity contribution in [3.63, 3.8) is 0 Å². The Morgan fingerprint density at radius 2 is 1.87 bits per heavy atom. The molecule has 1 aliphatic heterocycles. The van der Waals surface area contributed by atoms with Gasteiger partial charge in [0.2, 0.25) is 0 Å². The molecule has 2 fully saturated rings. The van der Waals surface area contributed by atoms with Gasteiger partial charge < -0.3 is 20.3 Å². The molecule has 162 valence electrons. The maximum absolute atomic E-state index is 6.02. The Bertz CT molecular complexity index is 804. The third-order valence-electron chi connectivity index (χ3n) is 5.62. The van der Waals surface area contributed by atoms with Crippen LogP contribution in [0.4, 0.5) is 5.82 Å². The van der Waals surface area contributed by atoms with Crippen LogP contribution in [0.15, 0.2) is 53.7 Å². The second kappa shape index (κ2) is 11.4. The van der Waals surface area contributed by atoms with Gasteiger partial charge in [-0.2, -0.15) is 0 Å². The molecule has 0 spiro atoms. The summed E-state index contributed by atoms with van der Waals surface area (Å²) in [5.41, 5.74) is 1.17. The first-order valence-electron chi connectivity index (χ1n) is 10.7. The third kappa shape index (κ3) is 6.48. The molecule has 1 aromatic carbocycles. The van der Waals surface area contributed by atoms with E-state index in [2.05, 4.69) is 49.8 Å². The lowest BCUT2D eigenvalue weighted by Gasteiger charge is -2.33. The van der Waals surface area contributed by atoms with E-state index in [9.17, 15) is 0 Å².